The summed E-state index contributed by atoms with van der Waals surface area (Å²) in [5, 5.41) is 3.49. The van der Waals surface area contributed by atoms with Crippen molar-refractivity contribution in [1.82, 2.24) is 5.32 Å². The van der Waals surface area contributed by atoms with Crippen LogP contribution in [0.1, 0.15) is 13.3 Å². The van der Waals surface area contributed by atoms with E-state index in [2.05, 4.69) is 12.2 Å². The number of ether oxygens (including phenoxy) is 1. The molecule has 0 saturated carbocycles. The number of nitrogens with one attached hydrogen (secondary N) is 1. The van der Waals surface area contributed by atoms with Gasteiger partial charge in [0, 0.05) is 25.4 Å². The summed E-state index contributed by atoms with van der Waals surface area (Å²) in [6.45, 7) is 3.08. The maximum absolute atomic E-state index is 5.14. The van der Waals surface area contributed by atoms with Crippen LogP contribution < -0.4 is 5.32 Å². The van der Waals surface area contributed by atoms with Gasteiger partial charge in [-0.1, -0.05) is 0 Å². The highest BCUT2D eigenvalue weighted by Gasteiger charge is 2.14. The van der Waals surface area contributed by atoms with E-state index in [0.717, 1.165) is 12.6 Å². The van der Waals surface area contributed by atoms with Crippen LogP contribution >= 0.6 is 11.8 Å². The van der Waals surface area contributed by atoms with E-state index in [0.29, 0.717) is 6.10 Å². The first-order valence-electron chi connectivity index (χ1n) is 4.17. The van der Waals surface area contributed by atoms with Crippen molar-refractivity contribution in [3.63, 3.8) is 0 Å². The van der Waals surface area contributed by atoms with Gasteiger partial charge in [0.15, 0.2) is 0 Å². The van der Waals surface area contributed by atoms with Gasteiger partial charge in [0.1, 0.15) is 0 Å². The molecule has 0 aromatic heterocycles. The fourth-order valence-electron chi connectivity index (χ4n) is 1.11. The van der Waals surface area contributed by atoms with Crippen LogP contribution in [-0.4, -0.2) is 37.3 Å². The minimum atomic E-state index is 0.348. The molecule has 1 fully saturated rings. The van der Waals surface area contributed by atoms with Crippen molar-refractivity contribution in [2.45, 2.75) is 25.5 Å². The lowest BCUT2D eigenvalue weighted by Crippen LogP contribution is -2.35. The van der Waals surface area contributed by atoms with Gasteiger partial charge in [0.05, 0.1) is 6.10 Å². The monoisotopic (exact) mass is 175 g/mol. The van der Waals surface area contributed by atoms with Crippen LogP contribution in [0.4, 0.5) is 0 Å². The lowest BCUT2D eigenvalue weighted by molar-refractivity contribution is 0.115. The lowest BCUT2D eigenvalue weighted by Gasteiger charge is -2.14. The quantitative estimate of drug-likeness (QED) is 0.692. The Hall–Kier alpha value is 0.270. The van der Waals surface area contributed by atoms with E-state index in [1.165, 1.54) is 17.9 Å². The highest BCUT2D eigenvalue weighted by Crippen LogP contribution is 2.16. The van der Waals surface area contributed by atoms with Crippen molar-refractivity contribution in [2.75, 3.05) is 25.2 Å². The Morgan fingerprint density at radius 1 is 1.73 bits per heavy atom. The first-order valence-corrected chi connectivity index (χ1v) is 5.32. The fraction of sp³-hybridized carbons (Fsp3) is 1.00. The van der Waals surface area contributed by atoms with Crippen LogP contribution in [0, 0.1) is 0 Å². The summed E-state index contributed by atoms with van der Waals surface area (Å²) in [5.41, 5.74) is 0. The van der Waals surface area contributed by atoms with Gasteiger partial charge in [-0.2, -0.15) is 11.8 Å². The second kappa shape index (κ2) is 5.01. The van der Waals surface area contributed by atoms with E-state index in [9.17, 15) is 0 Å². The molecule has 3 heteroatoms. The number of hydrogen-bond donors (Lipinski definition) is 1. The van der Waals surface area contributed by atoms with Crippen molar-refractivity contribution >= 4 is 11.8 Å². The molecule has 66 valence electrons. The molecule has 0 aromatic rings. The van der Waals surface area contributed by atoms with Crippen LogP contribution in [0.15, 0.2) is 0 Å². The Kier molecular flexibility index (Phi) is 4.26. The number of thioether (sulfide) groups is 1. The molecule has 0 bridgehead atoms. The van der Waals surface area contributed by atoms with E-state index in [4.69, 9.17) is 4.74 Å². The summed E-state index contributed by atoms with van der Waals surface area (Å²) in [6.07, 6.45) is 1.67. The van der Waals surface area contributed by atoms with Crippen LogP contribution in [0.5, 0.6) is 0 Å². The van der Waals surface area contributed by atoms with Crippen LogP contribution in [0.3, 0.4) is 0 Å². The molecule has 2 atom stereocenters. The average molecular weight is 175 g/mol. The zero-order valence-corrected chi connectivity index (χ0v) is 8.12. The average Bonchev–Trinajstić information content (AvgIpc) is 2.52. The van der Waals surface area contributed by atoms with Gasteiger partial charge in [-0.05, 0) is 19.1 Å². The van der Waals surface area contributed by atoms with Crippen molar-refractivity contribution in [3.05, 3.63) is 0 Å². The number of hydrogen-bond acceptors (Lipinski definition) is 3. The molecular weight excluding hydrogens is 158 g/mol. The van der Waals surface area contributed by atoms with Gasteiger partial charge in [-0.25, -0.2) is 0 Å². The third-order valence-corrected chi connectivity index (χ3v) is 3.19. The molecule has 11 heavy (non-hydrogen) atoms. The minimum absolute atomic E-state index is 0.348. The maximum atomic E-state index is 5.14. The summed E-state index contributed by atoms with van der Waals surface area (Å²) >= 11 is 2.04. The molecule has 0 aromatic carbocycles. The number of methoxy groups -OCH3 is 1. The topological polar surface area (TPSA) is 21.3 Å². The van der Waals surface area contributed by atoms with Crippen molar-refractivity contribution in [3.8, 4) is 0 Å². The smallest absolute Gasteiger partial charge is 0.0667 e. The van der Waals surface area contributed by atoms with Gasteiger partial charge in [-0.15, -0.1) is 0 Å². The van der Waals surface area contributed by atoms with Gasteiger partial charge in [-0.3, -0.25) is 0 Å². The third kappa shape index (κ3) is 3.45. The Labute approximate surface area is 73.1 Å². The summed E-state index contributed by atoms with van der Waals surface area (Å²) in [4.78, 5) is 0. The highest BCUT2D eigenvalue weighted by atomic mass is 32.2. The molecule has 1 aliphatic rings. The second-order valence-corrected chi connectivity index (χ2v) is 4.16. The molecule has 2 nitrogen and oxygen atoms in total. The predicted molar refractivity (Wildman–Crippen MR) is 50.2 cm³/mol. The first kappa shape index (κ1) is 9.36. The SMILES string of the molecule is COC(C)CNC1CCSC1. The maximum Gasteiger partial charge on any atom is 0.0667 e. The van der Waals surface area contributed by atoms with Gasteiger partial charge >= 0.3 is 0 Å². The van der Waals surface area contributed by atoms with Crippen LogP contribution in [0.2, 0.25) is 0 Å². The molecule has 1 aliphatic heterocycles. The van der Waals surface area contributed by atoms with E-state index < -0.39 is 0 Å². The molecule has 0 aliphatic carbocycles. The zero-order valence-electron chi connectivity index (χ0n) is 7.30. The third-order valence-electron chi connectivity index (χ3n) is 2.03. The summed E-state index contributed by atoms with van der Waals surface area (Å²) in [5.74, 6) is 2.59. The molecule has 0 spiro atoms. The minimum Gasteiger partial charge on any atom is -0.380 e. The van der Waals surface area contributed by atoms with Gasteiger partial charge in [0.2, 0.25) is 0 Å². The zero-order chi connectivity index (χ0) is 8.10. The van der Waals surface area contributed by atoms with E-state index in [-0.39, 0.29) is 0 Å². The molecule has 1 heterocycles. The normalized spacial score (nSPS) is 27.3. The van der Waals surface area contributed by atoms with E-state index >= 15 is 0 Å². The molecule has 2 unspecified atom stereocenters. The standard InChI is InChI=1S/C8H17NOS/c1-7(10-2)5-9-8-3-4-11-6-8/h7-9H,3-6H2,1-2H3. The molecule has 1 saturated heterocycles. The second-order valence-electron chi connectivity index (χ2n) is 3.02. The van der Waals surface area contributed by atoms with Crippen LogP contribution in [0.25, 0.3) is 0 Å². The molecular formula is C8H17NOS. The van der Waals surface area contributed by atoms with Crippen molar-refractivity contribution < 1.29 is 4.74 Å². The van der Waals surface area contributed by atoms with E-state index in [1.807, 2.05) is 11.8 Å². The Morgan fingerprint density at radius 2 is 2.55 bits per heavy atom. The summed E-state index contributed by atoms with van der Waals surface area (Å²) in [7, 11) is 1.76. The number of rotatable bonds is 4. The Bertz CT molecular complexity index is 104. The fourth-order valence-corrected chi connectivity index (χ4v) is 2.30. The molecule has 1 rings (SSSR count). The van der Waals surface area contributed by atoms with E-state index in [1.54, 1.807) is 7.11 Å². The molecule has 1 N–H and O–H groups in total. The van der Waals surface area contributed by atoms with Gasteiger partial charge < -0.3 is 10.1 Å². The van der Waals surface area contributed by atoms with Crippen molar-refractivity contribution in [1.29, 1.82) is 0 Å². The summed E-state index contributed by atoms with van der Waals surface area (Å²) < 4.78 is 5.14. The molecule has 0 radical (unpaired) electrons. The predicted octanol–water partition coefficient (Wildman–Crippen LogP) is 1.12. The Balaban J connectivity index is 2.01. The van der Waals surface area contributed by atoms with Gasteiger partial charge in [0.25, 0.3) is 0 Å². The highest BCUT2D eigenvalue weighted by molar-refractivity contribution is 7.99. The Morgan fingerprint density at radius 3 is 3.09 bits per heavy atom. The lowest BCUT2D eigenvalue weighted by atomic mass is 10.2. The first-order chi connectivity index (χ1) is 5.33. The van der Waals surface area contributed by atoms with Crippen molar-refractivity contribution in [2.24, 2.45) is 0 Å². The van der Waals surface area contributed by atoms with Crippen LogP contribution in [-0.2, 0) is 4.74 Å². The summed E-state index contributed by atoms with van der Waals surface area (Å²) in [6, 6.07) is 0.734. The largest absolute Gasteiger partial charge is 0.380 e. The molecule has 0 amide bonds.